The highest BCUT2D eigenvalue weighted by molar-refractivity contribution is 7.59. The fourth-order valence-corrected chi connectivity index (χ4v) is 1.87. The summed E-state index contributed by atoms with van der Waals surface area (Å²) in [6.07, 6.45) is 0. The fourth-order valence-electron chi connectivity index (χ4n) is 1.48. The van der Waals surface area contributed by atoms with Crippen LogP contribution in [0.3, 0.4) is 0 Å². The Bertz CT molecular complexity index is 341. The molecule has 1 heteroatoms. The van der Waals surface area contributed by atoms with Gasteiger partial charge in [0.25, 0.3) is 0 Å². The lowest BCUT2D eigenvalue weighted by atomic mass is 10.0. The Morgan fingerprint density at radius 2 is 1.00 bits per heavy atom. The van der Waals surface area contributed by atoms with E-state index >= 15 is 0 Å². The average Bonchev–Trinajstić information content (AvgIpc) is 2.30. The van der Waals surface area contributed by atoms with Crippen molar-refractivity contribution in [2.75, 3.05) is 0 Å². The van der Waals surface area contributed by atoms with E-state index < -0.39 is 0 Å². The zero-order valence-electron chi connectivity index (χ0n) is 7.85. The maximum atomic E-state index is 3.75. The lowest BCUT2D eigenvalue weighted by molar-refractivity contribution is 1.16. The van der Waals surface area contributed by atoms with Crippen molar-refractivity contribution in [3.05, 3.63) is 71.8 Å². The minimum absolute atomic E-state index is 0.289. The van der Waals surface area contributed by atoms with Crippen LogP contribution in [0.15, 0.2) is 60.7 Å². The molecule has 0 aliphatic rings. The first-order chi connectivity index (χ1) is 6.88. The minimum Gasteiger partial charge on any atom is -0.0622 e. The van der Waals surface area contributed by atoms with Gasteiger partial charge in [-0.1, -0.05) is 60.7 Å². The molecule has 0 radical (unpaired) electrons. The molecule has 0 spiro atoms. The van der Waals surface area contributed by atoms with Gasteiger partial charge in [-0.15, -0.1) is 0 Å². The Kier molecular flexibility index (Phi) is 2.90. The van der Waals surface area contributed by atoms with Gasteiger partial charge in [0, 0.05) is 11.1 Å². The highest BCUT2D eigenvalue weighted by Gasteiger charge is 2.12. The predicted octanol–water partition coefficient (Wildman–Crippen LogP) is 2.79. The molecule has 2 aromatic rings. The second-order valence-electron chi connectivity index (χ2n) is 3.25. The van der Waals surface area contributed by atoms with Crippen molar-refractivity contribution in [1.82, 2.24) is 0 Å². The maximum absolute atomic E-state index is 3.75. The van der Waals surface area contributed by atoms with Gasteiger partial charge in [-0.3, -0.25) is 0 Å². The molecule has 2 aromatic carbocycles. The molecule has 0 aromatic heterocycles. The van der Waals surface area contributed by atoms with Gasteiger partial charge in [-0.2, -0.15) is 0 Å². The van der Waals surface area contributed by atoms with Gasteiger partial charge in [0.1, 0.15) is 0 Å². The summed E-state index contributed by atoms with van der Waals surface area (Å²) >= 11 is 3.75. The third kappa shape index (κ3) is 1.99. The molecular formula is C13H13S+. The van der Waals surface area contributed by atoms with Crippen LogP contribution in [0.2, 0.25) is 0 Å². The van der Waals surface area contributed by atoms with E-state index in [0.717, 1.165) is 0 Å². The predicted molar refractivity (Wildman–Crippen MR) is 64.9 cm³/mol. The van der Waals surface area contributed by atoms with E-state index in [-0.39, 0.29) is 5.25 Å². The van der Waals surface area contributed by atoms with Gasteiger partial charge in [0.15, 0.2) is 5.25 Å². The molecule has 70 valence electrons. The zero-order valence-corrected chi connectivity index (χ0v) is 8.85. The molecular weight excluding hydrogens is 188 g/mol. The van der Waals surface area contributed by atoms with Crippen molar-refractivity contribution >= 4 is 12.6 Å². The Balaban J connectivity index is 2.30. The third-order valence-corrected chi connectivity index (χ3v) is 2.93. The summed E-state index contributed by atoms with van der Waals surface area (Å²) in [5.41, 5.74) is 2.57. The quantitative estimate of drug-likeness (QED) is 0.655. The Morgan fingerprint density at radius 1 is 0.643 bits per heavy atom. The van der Waals surface area contributed by atoms with Crippen molar-refractivity contribution < 1.29 is 0 Å². The van der Waals surface area contributed by atoms with Crippen LogP contribution in [0.1, 0.15) is 16.4 Å². The molecule has 0 amide bonds. The minimum atomic E-state index is 0.289. The first kappa shape index (κ1) is 9.35. The second-order valence-corrected chi connectivity index (χ2v) is 3.83. The van der Waals surface area contributed by atoms with Crippen molar-refractivity contribution in [3.8, 4) is 0 Å². The molecule has 0 N–H and O–H groups in total. The molecule has 0 unspecified atom stereocenters. The number of benzene rings is 2. The van der Waals surface area contributed by atoms with Crippen LogP contribution in [-0.4, -0.2) is 0 Å². The molecule has 0 bridgehead atoms. The van der Waals surface area contributed by atoms with E-state index in [0.29, 0.717) is 0 Å². The van der Waals surface area contributed by atoms with Crippen molar-refractivity contribution in [1.29, 1.82) is 0 Å². The van der Waals surface area contributed by atoms with Crippen LogP contribution in [0.5, 0.6) is 0 Å². The van der Waals surface area contributed by atoms with E-state index in [1.165, 1.54) is 11.1 Å². The Morgan fingerprint density at radius 3 is 1.36 bits per heavy atom. The standard InChI is InChI=1S/C13H12S/c14-13(11-7-3-1-4-8-11)12-9-5-2-6-10-12/h1-10,13-14H/p+1. The van der Waals surface area contributed by atoms with Crippen molar-refractivity contribution in [2.24, 2.45) is 0 Å². The topological polar surface area (TPSA) is 0 Å². The average molecular weight is 201 g/mol. The first-order valence-corrected chi connectivity index (χ1v) is 5.26. The second kappa shape index (κ2) is 4.34. The zero-order chi connectivity index (χ0) is 9.80. The normalized spacial score (nSPS) is 10.4. The Hall–Kier alpha value is -1.21. The van der Waals surface area contributed by atoms with E-state index in [1.54, 1.807) is 0 Å². The third-order valence-electron chi connectivity index (χ3n) is 2.27. The van der Waals surface area contributed by atoms with Gasteiger partial charge in [0.2, 0.25) is 0 Å². The number of rotatable bonds is 2. The summed E-state index contributed by atoms with van der Waals surface area (Å²) in [6, 6.07) is 20.8. The van der Waals surface area contributed by atoms with Crippen LogP contribution in [0, 0.1) is 0 Å². The van der Waals surface area contributed by atoms with Gasteiger partial charge < -0.3 is 0 Å². The molecule has 0 heterocycles. The molecule has 0 saturated heterocycles. The lowest BCUT2D eigenvalue weighted by Crippen LogP contribution is -1.95. The van der Waals surface area contributed by atoms with E-state index in [9.17, 15) is 0 Å². The lowest BCUT2D eigenvalue weighted by Gasteiger charge is -2.05. The molecule has 0 aliphatic heterocycles. The number of hydrogen-bond acceptors (Lipinski definition) is 0. The van der Waals surface area contributed by atoms with Crippen LogP contribution in [-0.2, 0) is 12.6 Å². The summed E-state index contributed by atoms with van der Waals surface area (Å²) in [7, 11) is 0. The van der Waals surface area contributed by atoms with Gasteiger partial charge in [-0.05, 0) is 12.6 Å². The van der Waals surface area contributed by atoms with Crippen LogP contribution in [0.25, 0.3) is 0 Å². The molecule has 0 nitrogen and oxygen atoms in total. The van der Waals surface area contributed by atoms with Crippen LogP contribution in [0.4, 0.5) is 0 Å². The molecule has 2 rings (SSSR count). The summed E-state index contributed by atoms with van der Waals surface area (Å²) in [5, 5.41) is 0.289. The molecule has 0 fully saturated rings. The monoisotopic (exact) mass is 201 g/mol. The molecule has 0 saturated carbocycles. The molecule has 0 atom stereocenters. The van der Waals surface area contributed by atoms with Crippen LogP contribution < -0.4 is 0 Å². The Labute approximate surface area is 90.0 Å². The SMILES string of the molecule is [SH2+]C(c1ccccc1)c1ccccc1. The highest BCUT2D eigenvalue weighted by atomic mass is 32.1. The highest BCUT2D eigenvalue weighted by Crippen LogP contribution is 2.21. The smallest absolute Gasteiger partial charge is 0.0622 e. The van der Waals surface area contributed by atoms with E-state index in [4.69, 9.17) is 0 Å². The maximum Gasteiger partial charge on any atom is 0.163 e. The van der Waals surface area contributed by atoms with Crippen molar-refractivity contribution in [3.63, 3.8) is 0 Å². The molecule has 14 heavy (non-hydrogen) atoms. The van der Waals surface area contributed by atoms with Crippen LogP contribution >= 0.6 is 0 Å². The summed E-state index contributed by atoms with van der Waals surface area (Å²) in [5.74, 6) is 0. The summed E-state index contributed by atoms with van der Waals surface area (Å²) in [6.45, 7) is 0. The van der Waals surface area contributed by atoms with Gasteiger partial charge >= 0.3 is 0 Å². The number of hydrogen-bond donors (Lipinski definition) is 0. The summed E-state index contributed by atoms with van der Waals surface area (Å²) < 4.78 is 0. The van der Waals surface area contributed by atoms with Crippen molar-refractivity contribution in [2.45, 2.75) is 5.25 Å². The van der Waals surface area contributed by atoms with Gasteiger partial charge in [0.05, 0.1) is 0 Å². The summed E-state index contributed by atoms with van der Waals surface area (Å²) in [4.78, 5) is 0. The first-order valence-electron chi connectivity index (χ1n) is 4.69. The molecule has 0 aliphatic carbocycles. The largest absolute Gasteiger partial charge is 0.163 e. The van der Waals surface area contributed by atoms with Gasteiger partial charge in [-0.25, -0.2) is 0 Å². The fraction of sp³-hybridized carbons (Fsp3) is 0.0769. The van der Waals surface area contributed by atoms with E-state index in [2.05, 4.69) is 61.2 Å². The van der Waals surface area contributed by atoms with E-state index in [1.807, 2.05) is 12.1 Å².